The molecule has 0 N–H and O–H groups in total. The average Bonchev–Trinajstić information content (AvgIpc) is 3.29. The number of morpholine rings is 1. The Balaban J connectivity index is 1.54. The second-order valence-corrected chi connectivity index (χ2v) is 8.03. The Labute approximate surface area is 184 Å². The maximum Gasteiger partial charge on any atom is 0.312 e. The van der Waals surface area contributed by atoms with Crippen LogP contribution < -0.4 is 23.8 Å². The van der Waals surface area contributed by atoms with Crippen molar-refractivity contribution in [1.29, 1.82) is 0 Å². The van der Waals surface area contributed by atoms with Crippen LogP contribution in [0.3, 0.4) is 0 Å². The van der Waals surface area contributed by atoms with Crippen LogP contribution in [0.1, 0.15) is 23.5 Å². The summed E-state index contributed by atoms with van der Waals surface area (Å²) in [5.41, 5.74) is 2.73. The number of rotatable bonds is 3. The van der Waals surface area contributed by atoms with Crippen molar-refractivity contribution in [2.75, 3.05) is 45.1 Å². The summed E-state index contributed by atoms with van der Waals surface area (Å²) in [4.78, 5) is 19.8. The van der Waals surface area contributed by atoms with Gasteiger partial charge in [-0.3, -0.25) is 4.79 Å². The van der Waals surface area contributed by atoms with E-state index in [2.05, 4.69) is 11.0 Å². The van der Waals surface area contributed by atoms with Crippen LogP contribution in [-0.2, 0) is 9.53 Å². The first-order valence-corrected chi connectivity index (χ1v) is 10.7. The molecule has 1 saturated heterocycles. The number of carbonyl (C=O) groups excluding carboxylic acids is 1. The third-order valence-electron chi connectivity index (χ3n) is 6.19. The Bertz CT molecular complexity index is 1220. The number of pyridine rings is 1. The summed E-state index contributed by atoms with van der Waals surface area (Å²) >= 11 is 0. The predicted octanol–water partition coefficient (Wildman–Crippen LogP) is 3.25. The predicted molar refractivity (Wildman–Crippen MR) is 116 cm³/mol. The number of ether oxygens (including phenoxy) is 5. The van der Waals surface area contributed by atoms with Crippen molar-refractivity contribution in [1.82, 2.24) is 4.98 Å². The first kappa shape index (κ1) is 19.2. The van der Waals surface area contributed by atoms with Crippen molar-refractivity contribution in [2.45, 2.75) is 12.3 Å². The van der Waals surface area contributed by atoms with E-state index >= 15 is 0 Å². The first-order chi connectivity index (χ1) is 15.7. The van der Waals surface area contributed by atoms with Crippen molar-refractivity contribution in [3.8, 4) is 23.0 Å². The molecule has 8 nitrogen and oxygen atoms in total. The topological polar surface area (TPSA) is 79.4 Å². The molecule has 0 radical (unpaired) electrons. The number of aromatic nitrogens is 1. The van der Waals surface area contributed by atoms with Gasteiger partial charge in [-0.15, -0.1) is 0 Å². The number of carbonyl (C=O) groups is 1. The zero-order valence-electron chi connectivity index (χ0n) is 17.6. The molecule has 0 aliphatic carbocycles. The normalized spacial score (nSPS) is 19.6. The Kier molecular flexibility index (Phi) is 4.53. The van der Waals surface area contributed by atoms with Crippen LogP contribution in [0.25, 0.3) is 10.9 Å². The average molecular weight is 434 g/mol. The van der Waals surface area contributed by atoms with Crippen molar-refractivity contribution in [2.24, 2.45) is 0 Å². The SMILES string of the molecule is COc1ccc2cc(C3CC(=O)Oc4cc5c(cc43)OCO5)c(N3CCOCC3)nc2c1. The minimum atomic E-state index is -0.274. The molecule has 164 valence electrons. The Hall–Kier alpha value is -3.52. The van der Waals surface area contributed by atoms with Gasteiger partial charge in [-0.05, 0) is 24.3 Å². The fourth-order valence-electron chi connectivity index (χ4n) is 4.58. The highest BCUT2D eigenvalue weighted by Gasteiger charge is 2.34. The van der Waals surface area contributed by atoms with Gasteiger partial charge in [0.25, 0.3) is 0 Å². The number of nitrogens with zero attached hydrogens (tertiary/aromatic N) is 2. The lowest BCUT2D eigenvalue weighted by Gasteiger charge is -2.33. The van der Waals surface area contributed by atoms with E-state index in [9.17, 15) is 4.79 Å². The van der Waals surface area contributed by atoms with Crippen LogP contribution in [0.4, 0.5) is 5.82 Å². The van der Waals surface area contributed by atoms with E-state index in [0.29, 0.717) is 30.5 Å². The highest BCUT2D eigenvalue weighted by Crippen LogP contribution is 2.48. The molecule has 32 heavy (non-hydrogen) atoms. The Morgan fingerprint density at radius 2 is 1.81 bits per heavy atom. The summed E-state index contributed by atoms with van der Waals surface area (Å²) < 4.78 is 27.6. The Morgan fingerprint density at radius 3 is 2.62 bits per heavy atom. The van der Waals surface area contributed by atoms with E-state index in [4.69, 9.17) is 28.7 Å². The molecule has 1 unspecified atom stereocenters. The number of fused-ring (bicyclic) bond motifs is 3. The second kappa shape index (κ2) is 7.56. The molecular weight excluding hydrogens is 412 g/mol. The molecule has 1 aromatic heterocycles. The molecule has 4 heterocycles. The lowest BCUT2D eigenvalue weighted by atomic mass is 9.85. The highest BCUT2D eigenvalue weighted by atomic mass is 16.7. The molecule has 3 aliphatic heterocycles. The van der Waals surface area contributed by atoms with Gasteiger partial charge in [0, 0.05) is 47.7 Å². The molecule has 2 aromatic carbocycles. The number of benzene rings is 2. The minimum absolute atomic E-state index is 0.162. The van der Waals surface area contributed by atoms with Crippen LogP contribution in [0.2, 0.25) is 0 Å². The summed E-state index contributed by atoms with van der Waals surface area (Å²) in [5, 5.41) is 0.985. The lowest BCUT2D eigenvalue weighted by Crippen LogP contribution is -2.38. The molecule has 1 fully saturated rings. The van der Waals surface area contributed by atoms with E-state index in [1.54, 1.807) is 13.2 Å². The fourth-order valence-corrected chi connectivity index (χ4v) is 4.58. The maximum atomic E-state index is 12.6. The summed E-state index contributed by atoms with van der Waals surface area (Å²) in [5.74, 6) is 2.90. The first-order valence-electron chi connectivity index (χ1n) is 10.7. The van der Waals surface area contributed by atoms with Gasteiger partial charge in [0.2, 0.25) is 6.79 Å². The van der Waals surface area contributed by atoms with Gasteiger partial charge in [-0.1, -0.05) is 0 Å². The standard InChI is InChI=1S/C24H22N2O6/c1-28-15-3-2-14-8-18(24(25-19(14)9-15)26-4-6-29-7-5-26)16-11-23(27)32-20-12-22-21(10-17(16)20)30-13-31-22/h2-3,8-10,12,16H,4-7,11,13H2,1H3. The van der Waals surface area contributed by atoms with Gasteiger partial charge < -0.3 is 28.6 Å². The third-order valence-corrected chi connectivity index (χ3v) is 6.19. The van der Waals surface area contributed by atoms with Crippen LogP contribution in [-0.4, -0.2) is 51.2 Å². The van der Waals surface area contributed by atoms with E-state index in [1.165, 1.54) is 0 Å². The maximum absolute atomic E-state index is 12.6. The van der Waals surface area contributed by atoms with Gasteiger partial charge in [0.05, 0.1) is 32.3 Å². The highest BCUT2D eigenvalue weighted by molar-refractivity contribution is 5.85. The van der Waals surface area contributed by atoms with Gasteiger partial charge in [-0.25, -0.2) is 4.98 Å². The van der Waals surface area contributed by atoms with E-state index in [0.717, 1.165) is 46.7 Å². The van der Waals surface area contributed by atoms with Crippen LogP contribution >= 0.6 is 0 Å². The van der Waals surface area contributed by atoms with Gasteiger partial charge >= 0.3 is 5.97 Å². The molecule has 8 heteroatoms. The zero-order valence-corrected chi connectivity index (χ0v) is 17.6. The molecule has 0 saturated carbocycles. The van der Waals surface area contributed by atoms with Gasteiger partial charge in [0.15, 0.2) is 11.5 Å². The number of hydrogen-bond acceptors (Lipinski definition) is 8. The zero-order chi connectivity index (χ0) is 21.7. The summed E-state index contributed by atoms with van der Waals surface area (Å²) in [6.45, 7) is 2.91. The molecule has 1 atom stereocenters. The van der Waals surface area contributed by atoms with E-state index in [1.807, 2.05) is 24.3 Å². The molecule has 0 amide bonds. The van der Waals surface area contributed by atoms with E-state index < -0.39 is 0 Å². The summed E-state index contributed by atoms with van der Waals surface area (Å²) in [6.07, 6.45) is 0.229. The van der Waals surface area contributed by atoms with Crippen molar-refractivity contribution in [3.05, 3.63) is 47.5 Å². The summed E-state index contributed by atoms with van der Waals surface area (Å²) in [7, 11) is 1.65. The van der Waals surface area contributed by atoms with Crippen molar-refractivity contribution < 1.29 is 28.5 Å². The number of esters is 1. The monoisotopic (exact) mass is 434 g/mol. The van der Waals surface area contributed by atoms with Crippen molar-refractivity contribution >= 4 is 22.7 Å². The smallest absolute Gasteiger partial charge is 0.312 e. The van der Waals surface area contributed by atoms with Crippen LogP contribution in [0.5, 0.6) is 23.0 Å². The number of anilines is 1. The van der Waals surface area contributed by atoms with Crippen LogP contribution in [0, 0.1) is 0 Å². The molecule has 0 spiro atoms. The van der Waals surface area contributed by atoms with Crippen LogP contribution in [0.15, 0.2) is 36.4 Å². The second-order valence-electron chi connectivity index (χ2n) is 8.03. The molecule has 0 bridgehead atoms. The van der Waals surface area contributed by atoms with Gasteiger partial charge in [-0.2, -0.15) is 0 Å². The third kappa shape index (κ3) is 3.18. The minimum Gasteiger partial charge on any atom is -0.497 e. The number of hydrogen-bond donors (Lipinski definition) is 0. The molecule has 3 aliphatic rings. The number of methoxy groups -OCH3 is 1. The van der Waals surface area contributed by atoms with E-state index in [-0.39, 0.29) is 25.1 Å². The van der Waals surface area contributed by atoms with Crippen molar-refractivity contribution in [3.63, 3.8) is 0 Å². The fraction of sp³-hybridized carbons (Fsp3) is 0.333. The molecular formula is C24H22N2O6. The largest absolute Gasteiger partial charge is 0.497 e. The molecule has 3 aromatic rings. The summed E-state index contributed by atoms with van der Waals surface area (Å²) in [6, 6.07) is 11.7. The lowest BCUT2D eigenvalue weighted by molar-refractivity contribution is -0.135. The molecule has 6 rings (SSSR count). The Morgan fingerprint density at radius 1 is 1.00 bits per heavy atom. The quantitative estimate of drug-likeness (QED) is 0.459. The van der Waals surface area contributed by atoms with Gasteiger partial charge in [0.1, 0.15) is 17.3 Å².